The van der Waals surface area contributed by atoms with E-state index in [0.717, 1.165) is 12.3 Å². The Hall–Kier alpha value is -2.36. The first-order valence-corrected chi connectivity index (χ1v) is 9.74. The smallest absolute Gasteiger partial charge is 0.354 e. The number of hydrogen-bond acceptors (Lipinski definition) is 3. The second kappa shape index (κ2) is 7.72. The van der Waals surface area contributed by atoms with Gasteiger partial charge in [0.15, 0.2) is 11.5 Å². The van der Waals surface area contributed by atoms with Crippen molar-refractivity contribution < 1.29 is 22.1 Å². The highest BCUT2D eigenvalue weighted by Crippen LogP contribution is 2.44. The standard InChI is InChI=1S/C19H8BrCl2F4N3O/c20-15-16(14-12(22)5-2-6-13(14)23)28-30-17(15)11-8-27-29(18(11)19(24,25)26)10-4-1-3-9(21)7-10/h1-8H. The van der Waals surface area contributed by atoms with E-state index in [2.05, 4.69) is 26.2 Å². The molecule has 0 atom stereocenters. The highest BCUT2D eigenvalue weighted by atomic mass is 79.9. The largest absolute Gasteiger partial charge is 0.434 e. The summed E-state index contributed by atoms with van der Waals surface area (Å²) in [5.74, 6) is -0.973. The maximum Gasteiger partial charge on any atom is 0.434 e. The van der Waals surface area contributed by atoms with Crippen molar-refractivity contribution in [2.45, 2.75) is 6.18 Å². The van der Waals surface area contributed by atoms with Crippen LogP contribution < -0.4 is 0 Å². The van der Waals surface area contributed by atoms with Gasteiger partial charge in [-0.05, 0) is 46.3 Å². The van der Waals surface area contributed by atoms with Crippen LogP contribution in [0.2, 0.25) is 10.0 Å². The van der Waals surface area contributed by atoms with Crippen LogP contribution in [0.4, 0.5) is 17.6 Å². The summed E-state index contributed by atoms with van der Waals surface area (Å²) >= 11 is 15.1. The van der Waals surface area contributed by atoms with Gasteiger partial charge in [0.05, 0.1) is 32.5 Å². The fraction of sp³-hybridized carbons (Fsp3) is 0.0526. The molecule has 2 aromatic heterocycles. The molecule has 154 valence electrons. The average molecular weight is 521 g/mol. The zero-order valence-corrected chi connectivity index (χ0v) is 17.6. The summed E-state index contributed by atoms with van der Waals surface area (Å²) in [7, 11) is 0. The molecule has 0 N–H and O–H groups in total. The Kier molecular flexibility index (Phi) is 5.37. The quantitative estimate of drug-likeness (QED) is 0.264. The van der Waals surface area contributed by atoms with Crippen LogP contribution in [-0.2, 0) is 6.18 Å². The van der Waals surface area contributed by atoms with E-state index in [9.17, 15) is 17.6 Å². The fourth-order valence-electron chi connectivity index (χ4n) is 2.92. The molecule has 4 rings (SSSR count). The molecule has 2 heterocycles. The van der Waals surface area contributed by atoms with Crippen LogP contribution in [0, 0.1) is 5.82 Å². The lowest BCUT2D eigenvalue weighted by Gasteiger charge is -2.12. The van der Waals surface area contributed by atoms with Crippen molar-refractivity contribution in [2.75, 3.05) is 0 Å². The Morgan fingerprint density at radius 3 is 2.47 bits per heavy atom. The molecule has 0 amide bonds. The molecule has 0 radical (unpaired) electrons. The lowest BCUT2D eigenvalue weighted by molar-refractivity contribution is -0.142. The van der Waals surface area contributed by atoms with Gasteiger partial charge in [0, 0.05) is 5.02 Å². The van der Waals surface area contributed by atoms with Crippen molar-refractivity contribution in [2.24, 2.45) is 0 Å². The van der Waals surface area contributed by atoms with E-state index in [-0.39, 0.29) is 42.8 Å². The number of hydrogen-bond donors (Lipinski definition) is 0. The SMILES string of the molecule is Fc1cccc(Cl)c1-c1noc(-c2cnn(-c3cccc(Cl)c3)c2C(F)(F)F)c1Br. The number of alkyl halides is 3. The minimum absolute atomic E-state index is 0.00523. The maximum absolute atomic E-state index is 14.3. The maximum atomic E-state index is 14.3. The summed E-state index contributed by atoms with van der Waals surface area (Å²) in [5.41, 5.74) is -1.56. The van der Waals surface area contributed by atoms with Crippen LogP contribution in [0.5, 0.6) is 0 Å². The molecule has 0 fully saturated rings. The van der Waals surface area contributed by atoms with Gasteiger partial charge in [0.1, 0.15) is 11.5 Å². The molecule has 0 bridgehead atoms. The van der Waals surface area contributed by atoms with Crippen molar-refractivity contribution in [1.29, 1.82) is 0 Å². The van der Waals surface area contributed by atoms with Crippen molar-refractivity contribution in [1.82, 2.24) is 14.9 Å². The molecule has 11 heteroatoms. The Labute approximate surface area is 185 Å². The topological polar surface area (TPSA) is 43.9 Å². The number of rotatable bonds is 3. The number of nitrogens with zero attached hydrogens (tertiary/aromatic N) is 3. The summed E-state index contributed by atoms with van der Waals surface area (Å²) < 4.78 is 62.0. The van der Waals surface area contributed by atoms with Crippen molar-refractivity contribution in [3.8, 4) is 28.3 Å². The number of aromatic nitrogens is 3. The molecule has 2 aromatic carbocycles. The summed E-state index contributed by atoms with van der Waals surface area (Å²) in [6.45, 7) is 0. The van der Waals surface area contributed by atoms with Crippen LogP contribution in [0.3, 0.4) is 0 Å². The van der Waals surface area contributed by atoms with E-state index in [1.807, 2.05) is 0 Å². The lowest BCUT2D eigenvalue weighted by atomic mass is 10.1. The first-order chi connectivity index (χ1) is 14.2. The summed E-state index contributed by atoms with van der Waals surface area (Å²) in [6.07, 6.45) is -3.81. The number of halogens is 7. The van der Waals surface area contributed by atoms with Crippen molar-refractivity contribution in [3.63, 3.8) is 0 Å². The zero-order chi connectivity index (χ0) is 21.6. The van der Waals surface area contributed by atoms with Crippen molar-refractivity contribution in [3.05, 3.63) is 74.7 Å². The number of benzene rings is 2. The van der Waals surface area contributed by atoms with Crippen LogP contribution in [0.25, 0.3) is 28.3 Å². The van der Waals surface area contributed by atoms with E-state index in [4.69, 9.17) is 27.7 Å². The fourth-order valence-corrected chi connectivity index (χ4v) is 3.91. The van der Waals surface area contributed by atoms with Gasteiger partial charge >= 0.3 is 6.18 Å². The van der Waals surface area contributed by atoms with Crippen LogP contribution in [-0.4, -0.2) is 14.9 Å². The van der Waals surface area contributed by atoms with E-state index < -0.39 is 17.7 Å². The predicted molar refractivity (Wildman–Crippen MR) is 107 cm³/mol. The van der Waals surface area contributed by atoms with Crippen LogP contribution >= 0.6 is 39.1 Å². The monoisotopic (exact) mass is 519 g/mol. The second-order valence-corrected chi connectivity index (χ2v) is 7.70. The molecule has 0 aliphatic carbocycles. The third kappa shape index (κ3) is 3.61. The molecule has 0 spiro atoms. The van der Waals surface area contributed by atoms with E-state index >= 15 is 0 Å². The van der Waals surface area contributed by atoms with Gasteiger partial charge in [-0.25, -0.2) is 9.07 Å². The molecule has 0 saturated heterocycles. The van der Waals surface area contributed by atoms with Gasteiger partial charge in [0.25, 0.3) is 0 Å². The molecule has 30 heavy (non-hydrogen) atoms. The highest BCUT2D eigenvalue weighted by Gasteiger charge is 2.41. The normalized spacial score (nSPS) is 11.8. The third-order valence-electron chi connectivity index (χ3n) is 4.17. The second-order valence-electron chi connectivity index (χ2n) is 6.07. The summed E-state index contributed by atoms with van der Waals surface area (Å²) in [6, 6.07) is 9.78. The molecule has 0 saturated carbocycles. The summed E-state index contributed by atoms with van der Waals surface area (Å²) in [5, 5.41) is 7.86. The van der Waals surface area contributed by atoms with Gasteiger partial charge in [-0.15, -0.1) is 0 Å². The highest BCUT2D eigenvalue weighted by molar-refractivity contribution is 9.10. The van der Waals surface area contributed by atoms with E-state index in [1.54, 1.807) is 0 Å². The van der Waals surface area contributed by atoms with Gasteiger partial charge in [-0.1, -0.05) is 40.5 Å². The first-order valence-electron chi connectivity index (χ1n) is 8.19. The van der Waals surface area contributed by atoms with E-state index in [1.165, 1.54) is 36.4 Å². The first kappa shape index (κ1) is 20.9. The predicted octanol–water partition coefficient (Wildman–Crippen LogP) is 7.42. The van der Waals surface area contributed by atoms with Gasteiger partial charge in [-0.2, -0.15) is 18.3 Å². The molecule has 4 nitrogen and oxygen atoms in total. The Morgan fingerprint density at radius 2 is 1.80 bits per heavy atom. The molecular formula is C19H8BrCl2F4N3O. The Balaban J connectivity index is 1.92. The van der Waals surface area contributed by atoms with Gasteiger partial charge in [0.2, 0.25) is 0 Å². The molecule has 0 aliphatic heterocycles. The molecule has 4 aromatic rings. The third-order valence-corrected chi connectivity index (χ3v) is 5.46. The average Bonchev–Trinajstić information content (AvgIpc) is 3.26. The summed E-state index contributed by atoms with van der Waals surface area (Å²) in [4.78, 5) is 0. The molecule has 0 aliphatic rings. The van der Waals surface area contributed by atoms with Gasteiger partial charge in [-0.3, -0.25) is 0 Å². The van der Waals surface area contributed by atoms with Crippen molar-refractivity contribution >= 4 is 39.1 Å². The molecular weight excluding hydrogens is 513 g/mol. The van der Waals surface area contributed by atoms with Gasteiger partial charge < -0.3 is 4.52 Å². The van der Waals surface area contributed by atoms with Crippen LogP contribution in [0.15, 0.2) is 57.7 Å². The van der Waals surface area contributed by atoms with Crippen LogP contribution in [0.1, 0.15) is 5.69 Å². The Morgan fingerprint density at radius 1 is 1.07 bits per heavy atom. The molecule has 0 unspecified atom stereocenters. The van der Waals surface area contributed by atoms with E-state index in [0.29, 0.717) is 4.68 Å². The lowest BCUT2D eigenvalue weighted by Crippen LogP contribution is -2.14. The Bertz CT molecular complexity index is 1230. The zero-order valence-electron chi connectivity index (χ0n) is 14.5. The minimum Gasteiger partial charge on any atom is -0.354 e. The minimum atomic E-state index is -4.80.